The molecule has 0 N–H and O–H groups in total. The molecule has 5 nitrogen and oxygen atoms in total. The number of benzene rings is 1. The molecule has 0 aromatic heterocycles. The van der Waals surface area contributed by atoms with Crippen molar-refractivity contribution in [3.63, 3.8) is 0 Å². The zero-order valence-electron chi connectivity index (χ0n) is 14.8. The zero-order valence-corrected chi connectivity index (χ0v) is 16.4. The second-order valence-corrected chi connectivity index (χ2v) is 6.60. The number of likely N-dealkylation sites (N-methyl/N-ethyl adjacent to an activating group) is 1. The molecule has 1 heterocycles. The van der Waals surface area contributed by atoms with E-state index in [9.17, 15) is 4.79 Å². The molecule has 1 aliphatic rings. The van der Waals surface area contributed by atoms with E-state index in [1.54, 1.807) is 0 Å². The minimum absolute atomic E-state index is 0.165. The normalized spacial score (nSPS) is 15.4. The zero-order chi connectivity index (χ0) is 17.5. The lowest BCUT2D eigenvalue weighted by Crippen LogP contribution is -2.48. The van der Waals surface area contributed by atoms with E-state index in [2.05, 4.69) is 27.8 Å². The molecular formula is C18H27BrN2O3. The van der Waals surface area contributed by atoms with Crippen LogP contribution in [0.3, 0.4) is 0 Å². The monoisotopic (exact) mass is 398 g/mol. The molecule has 1 aromatic rings. The highest BCUT2D eigenvalue weighted by Gasteiger charge is 2.21. The molecule has 0 unspecified atom stereocenters. The highest BCUT2D eigenvalue weighted by molar-refractivity contribution is 9.10. The summed E-state index contributed by atoms with van der Waals surface area (Å²) in [7, 11) is 0. The summed E-state index contributed by atoms with van der Waals surface area (Å²) < 4.78 is 12.2. The molecule has 2 rings (SSSR count). The van der Waals surface area contributed by atoms with E-state index in [1.807, 2.05) is 30.9 Å². The molecule has 24 heavy (non-hydrogen) atoms. The maximum Gasteiger partial charge on any atom is 0.227 e. The van der Waals surface area contributed by atoms with Crippen LogP contribution in [-0.2, 0) is 11.2 Å². The third-order valence-electron chi connectivity index (χ3n) is 4.23. The van der Waals surface area contributed by atoms with Crippen LogP contribution in [0.15, 0.2) is 16.6 Å². The summed E-state index contributed by atoms with van der Waals surface area (Å²) in [5, 5.41) is 0. The van der Waals surface area contributed by atoms with E-state index in [-0.39, 0.29) is 5.91 Å². The molecule has 0 aliphatic carbocycles. The highest BCUT2D eigenvalue weighted by Crippen LogP contribution is 2.34. The number of hydrogen-bond acceptors (Lipinski definition) is 4. The Bertz CT molecular complexity index is 557. The van der Waals surface area contributed by atoms with Crippen molar-refractivity contribution < 1.29 is 14.3 Å². The summed E-state index contributed by atoms with van der Waals surface area (Å²) in [6.07, 6.45) is 0.374. The predicted molar refractivity (Wildman–Crippen MR) is 98.9 cm³/mol. The Morgan fingerprint density at radius 1 is 1.04 bits per heavy atom. The number of halogens is 1. The highest BCUT2D eigenvalue weighted by atomic mass is 79.9. The standard InChI is InChI=1S/C18H27BrN2O3/c1-4-20-7-9-21(10-8-20)18(22)12-14-11-16(23-5-2)17(24-6-3)13-15(14)19/h11,13H,4-10,12H2,1-3H3. The second kappa shape index (κ2) is 9.28. The van der Waals surface area contributed by atoms with Crippen LogP contribution in [0, 0.1) is 0 Å². The van der Waals surface area contributed by atoms with E-state index >= 15 is 0 Å². The number of nitrogens with zero attached hydrogens (tertiary/aromatic N) is 2. The van der Waals surface area contributed by atoms with Gasteiger partial charge in [0.15, 0.2) is 11.5 Å². The van der Waals surface area contributed by atoms with E-state index in [0.29, 0.717) is 31.1 Å². The Morgan fingerprint density at radius 2 is 1.62 bits per heavy atom. The van der Waals surface area contributed by atoms with E-state index in [1.165, 1.54) is 0 Å². The molecule has 1 saturated heterocycles. The summed E-state index contributed by atoms with van der Waals surface area (Å²) >= 11 is 3.56. The van der Waals surface area contributed by atoms with Gasteiger partial charge in [-0.25, -0.2) is 0 Å². The van der Waals surface area contributed by atoms with E-state index in [4.69, 9.17) is 9.47 Å². The van der Waals surface area contributed by atoms with Gasteiger partial charge in [0.25, 0.3) is 0 Å². The molecule has 6 heteroatoms. The average Bonchev–Trinajstić information content (AvgIpc) is 2.59. The Hall–Kier alpha value is -1.27. The maximum absolute atomic E-state index is 12.6. The molecule has 0 spiro atoms. The number of amides is 1. The van der Waals surface area contributed by atoms with Crippen molar-refractivity contribution in [1.82, 2.24) is 9.80 Å². The number of carbonyl (C=O) groups is 1. The Labute approximate surface area is 153 Å². The van der Waals surface area contributed by atoms with Gasteiger partial charge >= 0.3 is 0 Å². The Balaban J connectivity index is 2.08. The number of carbonyl (C=O) groups excluding carboxylic acids is 1. The van der Waals surface area contributed by atoms with Gasteiger partial charge in [-0.1, -0.05) is 22.9 Å². The fourth-order valence-electron chi connectivity index (χ4n) is 2.84. The van der Waals surface area contributed by atoms with Gasteiger partial charge in [-0.3, -0.25) is 4.79 Å². The largest absolute Gasteiger partial charge is 0.490 e. The topological polar surface area (TPSA) is 42.0 Å². The Morgan fingerprint density at radius 3 is 2.17 bits per heavy atom. The molecule has 1 fully saturated rings. The van der Waals surface area contributed by atoms with Crippen molar-refractivity contribution >= 4 is 21.8 Å². The molecular weight excluding hydrogens is 372 g/mol. The number of hydrogen-bond donors (Lipinski definition) is 0. The summed E-state index contributed by atoms with van der Waals surface area (Å²) in [4.78, 5) is 16.9. The van der Waals surface area contributed by atoms with Crippen LogP contribution >= 0.6 is 15.9 Å². The first kappa shape index (κ1) is 19.1. The van der Waals surface area contributed by atoms with E-state index < -0.39 is 0 Å². The summed E-state index contributed by atoms with van der Waals surface area (Å²) in [6.45, 7) is 11.7. The van der Waals surface area contributed by atoms with Crippen LogP contribution in [0.5, 0.6) is 11.5 Å². The number of ether oxygens (including phenoxy) is 2. The van der Waals surface area contributed by atoms with Crippen molar-refractivity contribution in [3.8, 4) is 11.5 Å². The van der Waals surface area contributed by atoms with Crippen LogP contribution in [0.1, 0.15) is 26.3 Å². The first-order valence-corrected chi connectivity index (χ1v) is 9.46. The lowest BCUT2D eigenvalue weighted by atomic mass is 10.1. The average molecular weight is 399 g/mol. The van der Waals surface area contributed by atoms with Gasteiger partial charge in [-0.15, -0.1) is 0 Å². The lowest BCUT2D eigenvalue weighted by Gasteiger charge is -2.34. The van der Waals surface area contributed by atoms with Crippen molar-refractivity contribution in [2.24, 2.45) is 0 Å². The number of piperazine rings is 1. The SMILES string of the molecule is CCOc1cc(Br)c(CC(=O)N2CCN(CC)CC2)cc1OCC. The first-order chi connectivity index (χ1) is 11.6. The second-order valence-electron chi connectivity index (χ2n) is 5.75. The van der Waals surface area contributed by atoms with Crippen molar-refractivity contribution in [2.75, 3.05) is 45.9 Å². The van der Waals surface area contributed by atoms with Gasteiger partial charge in [0.2, 0.25) is 5.91 Å². The molecule has 0 saturated carbocycles. The quantitative estimate of drug-likeness (QED) is 0.707. The van der Waals surface area contributed by atoms with Crippen LogP contribution in [0.25, 0.3) is 0 Å². The Kier molecular flexibility index (Phi) is 7.37. The van der Waals surface area contributed by atoms with Crippen molar-refractivity contribution in [3.05, 3.63) is 22.2 Å². The van der Waals surface area contributed by atoms with Gasteiger partial charge in [-0.2, -0.15) is 0 Å². The third kappa shape index (κ3) is 4.86. The molecule has 0 radical (unpaired) electrons. The molecule has 1 aliphatic heterocycles. The van der Waals surface area contributed by atoms with Gasteiger partial charge in [0.05, 0.1) is 19.6 Å². The van der Waals surface area contributed by atoms with Gasteiger partial charge in [0, 0.05) is 30.7 Å². The van der Waals surface area contributed by atoms with Crippen LogP contribution in [0.4, 0.5) is 0 Å². The molecule has 0 atom stereocenters. The third-order valence-corrected chi connectivity index (χ3v) is 4.96. The smallest absolute Gasteiger partial charge is 0.227 e. The van der Waals surface area contributed by atoms with Crippen LogP contribution in [-0.4, -0.2) is 61.6 Å². The minimum atomic E-state index is 0.165. The fraction of sp³-hybridized carbons (Fsp3) is 0.611. The maximum atomic E-state index is 12.6. The van der Waals surface area contributed by atoms with Crippen LogP contribution < -0.4 is 9.47 Å². The molecule has 1 aromatic carbocycles. The lowest BCUT2D eigenvalue weighted by molar-refractivity contribution is -0.132. The van der Waals surface area contributed by atoms with Gasteiger partial charge in [0.1, 0.15) is 0 Å². The first-order valence-electron chi connectivity index (χ1n) is 8.67. The predicted octanol–water partition coefficient (Wildman–Crippen LogP) is 2.95. The van der Waals surface area contributed by atoms with Gasteiger partial charge in [-0.05, 0) is 38.1 Å². The molecule has 134 valence electrons. The minimum Gasteiger partial charge on any atom is -0.490 e. The fourth-order valence-corrected chi connectivity index (χ4v) is 3.30. The van der Waals surface area contributed by atoms with Crippen molar-refractivity contribution in [2.45, 2.75) is 27.2 Å². The number of rotatable bonds is 7. The summed E-state index contributed by atoms with van der Waals surface area (Å²) in [6, 6.07) is 3.81. The summed E-state index contributed by atoms with van der Waals surface area (Å²) in [5.41, 5.74) is 0.935. The van der Waals surface area contributed by atoms with Crippen molar-refractivity contribution in [1.29, 1.82) is 0 Å². The molecule has 1 amide bonds. The van der Waals surface area contributed by atoms with Crippen LogP contribution in [0.2, 0.25) is 0 Å². The van der Waals surface area contributed by atoms with E-state index in [0.717, 1.165) is 42.8 Å². The van der Waals surface area contributed by atoms with Gasteiger partial charge < -0.3 is 19.3 Å². The molecule has 0 bridgehead atoms. The summed E-state index contributed by atoms with van der Waals surface area (Å²) in [5.74, 6) is 1.57.